The van der Waals surface area contributed by atoms with E-state index in [2.05, 4.69) is 10.3 Å². The van der Waals surface area contributed by atoms with Crippen LogP contribution >= 0.6 is 23.1 Å². The second kappa shape index (κ2) is 9.56. The molecule has 3 unspecified atom stereocenters. The van der Waals surface area contributed by atoms with Gasteiger partial charge in [0.2, 0.25) is 17.7 Å². The van der Waals surface area contributed by atoms with Crippen molar-refractivity contribution in [1.82, 2.24) is 9.88 Å². The van der Waals surface area contributed by atoms with Gasteiger partial charge in [0.25, 0.3) is 0 Å². The number of carbonyl (C=O) groups excluding carboxylic acids is 3. The van der Waals surface area contributed by atoms with Crippen molar-refractivity contribution in [3.8, 4) is 5.75 Å². The summed E-state index contributed by atoms with van der Waals surface area (Å²) in [5.74, 6) is 0.213. The van der Waals surface area contributed by atoms with Crippen LogP contribution < -0.4 is 10.1 Å². The fourth-order valence-corrected chi connectivity index (χ4v) is 5.86. The minimum absolute atomic E-state index is 0.179. The maximum atomic E-state index is 13.2. The normalized spacial score (nSPS) is 21.9. The molecule has 1 aliphatic heterocycles. The molecule has 1 aromatic heterocycles. The van der Waals surface area contributed by atoms with E-state index in [-0.39, 0.29) is 29.6 Å². The van der Waals surface area contributed by atoms with Gasteiger partial charge in [-0.15, -0.1) is 0 Å². The minimum atomic E-state index is -0.802. The highest BCUT2D eigenvalue weighted by Crippen LogP contribution is 2.39. The fourth-order valence-electron chi connectivity index (χ4n) is 4.51. The van der Waals surface area contributed by atoms with Crippen molar-refractivity contribution in [1.29, 1.82) is 0 Å². The smallest absolute Gasteiger partial charge is 0.249 e. The quantitative estimate of drug-likeness (QED) is 0.599. The van der Waals surface area contributed by atoms with Crippen LogP contribution in [0.1, 0.15) is 39.0 Å². The van der Waals surface area contributed by atoms with Gasteiger partial charge in [-0.2, -0.15) is 11.8 Å². The van der Waals surface area contributed by atoms with Crippen LogP contribution in [0.4, 0.5) is 5.13 Å². The molecule has 4 rings (SSSR count). The first-order valence-corrected chi connectivity index (χ1v) is 12.9. The van der Waals surface area contributed by atoms with E-state index in [1.807, 2.05) is 31.4 Å². The zero-order valence-electron chi connectivity index (χ0n) is 17.8. The van der Waals surface area contributed by atoms with Crippen molar-refractivity contribution < 1.29 is 19.1 Å². The van der Waals surface area contributed by atoms with Crippen LogP contribution in [0.3, 0.4) is 0 Å². The Kier molecular flexibility index (Phi) is 6.81. The van der Waals surface area contributed by atoms with Crippen LogP contribution in [0, 0.1) is 11.8 Å². The SMILES string of the molecule is CCOc1ccc2nc(NC(=O)C(CCSC)N3C(=O)C4CCCCC4C3=O)sc2c1. The number of hydrogen-bond donors (Lipinski definition) is 1. The molecule has 1 N–H and O–H groups in total. The summed E-state index contributed by atoms with van der Waals surface area (Å²) in [5, 5.41) is 3.32. The van der Waals surface area contributed by atoms with Gasteiger partial charge in [-0.3, -0.25) is 19.3 Å². The lowest BCUT2D eigenvalue weighted by molar-refractivity contribution is -0.146. The van der Waals surface area contributed by atoms with Crippen LogP contribution in [0.15, 0.2) is 18.2 Å². The van der Waals surface area contributed by atoms with E-state index in [4.69, 9.17) is 4.74 Å². The van der Waals surface area contributed by atoms with Crippen molar-refractivity contribution in [2.75, 3.05) is 23.9 Å². The van der Waals surface area contributed by atoms with Gasteiger partial charge in [-0.05, 0) is 56.4 Å². The van der Waals surface area contributed by atoms with E-state index in [0.717, 1.165) is 41.6 Å². The van der Waals surface area contributed by atoms with E-state index < -0.39 is 6.04 Å². The van der Waals surface area contributed by atoms with Gasteiger partial charge in [0.05, 0.1) is 28.7 Å². The highest BCUT2D eigenvalue weighted by atomic mass is 32.2. The van der Waals surface area contributed by atoms with Gasteiger partial charge in [-0.25, -0.2) is 4.98 Å². The first kappa shape index (κ1) is 22.1. The molecule has 9 heteroatoms. The third-order valence-corrected chi connectivity index (χ3v) is 7.56. The maximum Gasteiger partial charge on any atom is 0.249 e. The molecule has 0 spiro atoms. The van der Waals surface area contributed by atoms with Gasteiger partial charge in [-0.1, -0.05) is 24.2 Å². The number of anilines is 1. The Hall–Kier alpha value is -2.13. The Morgan fingerprint density at radius 3 is 2.65 bits per heavy atom. The lowest BCUT2D eigenvalue weighted by atomic mass is 9.81. The van der Waals surface area contributed by atoms with Gasteiger partial charge < -0.3 is 10.1 Å². The van der Waals surface area contributed by atoms with Crippen LogP contribution in [-0.4, -0.2) is 52.3 Å². The molecule has 2 aromatic rings. The molecular formula is C22H27N3O4S2. The summed E-state index contributed by atoms with van der Waals surface area (Å²) in [6.45, 7) is 2.50. The zero-order chi connectivity index (χ0) is 22.0. The Labute approximate surface area is 189 Å². The largest absolute Gasteiger partial charge is 0.494 e. The number of rotatable bonds is 8. The topological polar surface area (TPSA) is 88.6 Å². The van der Waals surface area contributed by atoms with Gasteiger partial charge in [0, 0.05) is 0 Å². The molecule has 31 heavy (non-hydrogen) atoms. The molecule has 3 amide bonds. The molecule has 1 saturated carbocycles. The molecule has 7 nitrogen and oxygen atoms in total. The van der Waals surface area contributed by atoms with Gasteiger partial charge in [0.15, 0.2) is 5.13 Å². The number of benzene rings is 1. The number of carbonyl (C=O) groups is 3. The van der Waals surface area contributed by atoms with Gasteiger partial charge in [0.1, 0.15) is 11.8 Å². The molecule has 2 heterocycles. The predicted octanol–water partition coefficient (Wildman–Crippen LogP) is 3.93. The third-order valence-electron chi connectivity index (χ3n) is 5.99. The van der Waals surface area contributed by atoms with E-state index in [1.54, 1.807) is 11.8 Å². The fraction of sp³-hybridized carbons (Fsp3) is 0.545. The number of nitrogens with one attached hydrogen (secondary N) is 1. The first-order chi connectivity index (χ1) is 15.0. The van der Waals surface area contributed by atoms with E-state index in [1.165, 1.54) is 16.2 Å². The Bertz CT molecular complexity index is 968. The van der Waals surface area contributed by atoms with Crippen molar-refractivity contribution in [3.05, 3.63) is 18.2 Å². The minimum Gasteiger partial charge on any atom is -0.494 e. The average molecular weight is 462 g/mol. The van der Waals surface area contributed by atoms with Crippen LogP contribution in [0.25, 0.3) is 10.2 Å². The van der Waals surface area contributed by atoms with Crippen molar-refractivity contribution in [2.24, 2.45) is 11.8 Å². The van der Waals surface area contributed by atoms with Crippen LogP contribution in [-0.2, 0) is 14.4 Å². The van der Waals surface area contributed by atoms with Crippen LogP contribution in [0.2, 0.25) is 0 Å². The number of likely N-dealkylation sites (tertiary alicyclic amines) is 1. The molecule has 1 aliphatic carbocycles. The lowest BCUT2D eigenvalue weighted by Gasteiger charge is -2.25. The predicted molar refractivity (Wildman–Crippen MR) is 124 cm³/mol. The standard InChI is InChI=1S/C22H27N3O4S2/c1-3-29-13-8-9-16-18(12-13)31-22(23-16)24-19(26)17(10-11-30-2)25-20(27)14-6-4-5-7-15(14)21(25)28/h8-9,12,14-15,17H,3-7,10-11H2,1-2H3,(H,23,24,26). The monoisotopic (exact) mass is 461 g/mol. The molecule has 3 atom stereocenters. The second-order valence-corrected chi connectivity index (χ2v) is 9.93. The summed E-state index contributed by atoms with van der Waals surface area (Å²) in [6.07, 6.45) is 5.79. The number of thiazole rings is 1. The number of thioether (sulfide) groups is 1. The van der Waals surface area contributed by atoms with Gasteiger partial charge >= 0.3 is 0 Å². The summed E-state index contributed by atoms with van der Waals surface area (Å²) in [7, 11) is 0. The number of fused-ring (bicyclic) bond motifs is 2. The summed E-state index contributed by atoms with van der Waals surface area (Å²) >= 11 is 2.95. The van der Waals surface area contributed by atoms with Crippen LogP contribution in [0.5, 0.6) is 5.75 Å². The number of imide groups is 1. The summed E-state index contributed by atoms with van der Waals surface area (Å²) in [6, 6.07) is 4.80. The number of aromatic nitrogens is 1. The van der Waals surface area contributed by atoms with E-state index in [0.29, 0.717) is 23.9 Å². The second-order valence-electron chi connectivity index (χ2n) is 7.91. The molecule has 2 aliphatic rings. The molecule has 1 aromatic carbocycles. The maximum absolute atomic E-state index is 13.2. The zero-order valence-corrected chi connectivity index (χ0v) is 19.4. The number of ether oxygens (including phenoxy) is 1. The highest BCUT2D eigenvalue weighted by molar-refractivity contribution is 7.98. The number of amides is 3. The Morgan fingerprint density at radius 1 is 1.29 bits per heavy atom. The molecule has 0 bridgehead atoms. The van der Waals surface area contributed by atoms with Crippen molar-refractivity contribution in [2.45, 2.75) is 45.1 Å². The van der Waals surface area contributed by atoms with E-state index >= 15 is 0 Å². The summed E-state index contributed by atoms with van der Waals surface area (Å²) in [4.78, 5) is 45.1. The molecule has 166 valence electrons. The Balaban J connectivity index is 1.55. The molecule has 2 fully saturated rings. The Morgan fingerprint density at radius 2 is 2.00 bits per heavy atom. The molecule has 1 saturated heterocycles. The molecular weight excluding hydrogens is 434 g/mol. The highest BCUT2D eigenvalue weighted by Gasteiger charge is 2.51. The third kappa shape index (κ3) is 4.43. The first-order valence-electron chi connectivity index (χ1n) is 10.7. The van der Waals surface area contributed by atoms with Crippen molar-refractivity contribution >= 4 is 56.2 Å². The number of hydrogen-bond acceptors (Lipinski definition) is 7. The van der Waals surface area contributed by atoms with E-state index in [9.17, 15) is 14.4 Å². The number of nitrogens with zero attached hydrogens (tertiary/aromatic N) is 2. The summed E-state index contributed by atoms with van der Waals surface area (Å²) in [5.41, 5.74) is 0.767. The lowest BCUT2D eigenvalue weighted by Crippen LogP contribution is -2.48. The summed E-state index contributed by atoms with van der Waals surface area (Å²) < 4.78 is 6.44. The average Bonchev–Trinajstić information content (AvgIpc) is 3.27. The molecule has 0 radical (unpaired) electrons. The van der Waals surface area contributed by atoms with Crippen molar-refractivity contribution in [3.63, 3.8) is 0 Å².